The van der Waals surface area contributed by atoms with Crippen molar-refractivity contribution in [3.8, 4) is 0 Å². The average molecular weight is 263 g/mol. The Bertz CT molecular complexity index is 616. The van der Waals surface area contributed by atoms with Gasteiger partial charge in [0.1, 0.15) is 0 Å². The number of amides is 1. The fourth-order valence-electron chi connectivity index (χ4n) is 1.74. The number of aromatic nitrogens is 3. The Morgan fingerprint density at radius 2 is 2.26 bits per heavy atom. The number of nitrogens with zero attached hydrogens (tertiary/aromatic N) is 3. The maximum atomic E-state index is 11.9. The molecule has 1 amide bonds. The summed E-state index contributed by atoms with van der Waals surface area (Å²) in [7, 11) is 0. The van der Waals surface area contributed by atoms with Crippen LogP contribution >= 0.6 is 0 Å². The zero-order chi connectivity index (χ0) is 13.7. The molecule has 2 aromatic heterocycles. The average Bonchev–Trinajstić information content (AvgIpc) is 2.74. The Morgan fingerprint density at radius 1 is 1.42 bits per heavy atom. The second kappa shape index (κ2) is 6.14. The Labute approximate surface area is 110 Å². The van der Waals surface area contributed by atoms with Gasteiger partial charge in [0.25, 0.3) is 0 Å². The minimum absolute atomic E-state index is 0.0996. The molecule has 0 saturated heterocycles. The maximum absolute atomic E-state index is 11.9. The van der Waals surface area contributed by atoms with Gasteiger partial charge in [0, 0.05) is 19.2 Å². The lowest BCUT2D eigenvalue weighted by molar-refractivity contribution is -0.121. The molecule has 0 radical (unpaired) electrons. The Morgan fingerprint density at radius 3 is 3.00 bits per heavy atom. The van der Waals surface area contributed by atoms with Gasteiger partial charge in [-0.25, -0.2) is 9.48 Å². The van der Waals surface area contributed by atoms with Crippen LogP contribution in [0.3, 0.4) is 0 Å². The van der Waals surface area contributed by atoms with Gasteiger partial charge in [0.05, 0.1) is 6.54 Å². The molecule has 2 heterocycles. The van der Waals surface area contributed by atoms with Gasteiger partial charge in [-0.05, 0) is 25.1 Å². The summed E-state index contributed by atoms with van der Waals surface area (Å²) in [5.41, 5.74) is 5.68. The van der Waals surface area contributed by atoms with E-state index >= 15 is 0 Å². The number of nitrogens with one attached hydrogen (secondary N) is 1. The van der Waals surface area contributed by atoms with Crippen LogP contribution in [0.4, 0.5) is 0 Å². The van der Waals surface area contributed by atoms with Gasteiger partial charge in [-0.15, -0.1) is 5.10 Å². The first-order valence-electron chi connectivity index (χ1n) is 6.23. The van der Waals surface area contributed by atoms with Crippen molar-refractivity contribution in [1.82, 2.24) is 19.5 Å². The zero-order valence-electron chi connectivity index (χ0n) is 10.6. The van der Waals surface area contributed by atoms with Crippen LogP contribution in [-0.4, -0.2) is 33.2 Å². The molecule has 0 aliphatic heterocycles. The molecule has 2 aromatic rings. The van der Waals surface area contributed by atoms with Gasteiger partial charge in [-0.3, -0.25) is 9.20 Å². The highest BCUT2D eigenvalue weighted by Gasteiger charge is 2.07. The lowest BCUT2D eigenvalue weighted by Crippen LogP contribution is -2.29. The summed E-state index contributed by atoms with van der Waals surface area (Å²) >= 11 is 0. The van der Waals surface area contributed by atoms with Crippen molar-refractivity contribution in [3.05, 3.63) is 34.9 Å². The van der Waals surface area contributed by atoms with Gasteiger partial charge >= 0.3 is 5.69 Å². The van der Waals surface area contributed by atoms with Gasteiger partial charge in [-0.1, -0.05) is 6.07 Å². The van der Waals surface area contributed by atoms with Crippen molar-refractivity contribution in [2.45, 2.75) is 19.4 Å². The summed E-state index contributed by atoms with van der Waals surface area (Å²) in [5, 5.41) is 6.89. The second-order valence-corrected chi connectivity index (χ2v) is 4.18. The molecule has 0 spiro atoms. The summed E-state index contributed by atoms with van der Waals surface area (Å²) in [6.45, 7) is 1.39. The zero-order valence-corrected chi connectivity index (χ0v) is 10.6. The van der Waals surface area contributed by atoms with Crippen molar-refractivity contribution < 1.29 is 4.79 Å². The first-order valence-corrected chi connectivity index (χ1v) is 6.23. The number of aryl methyl sites for hydroxylation is 1. The number of pyridine rings is 1. The summed E-state index contributed by atoms with van der Waals surface area (Å²) in [4.78, 5) is 23.4. The van der Waals surface area contributed by atoms with Crippen LogP contribution in [-0.2, 0) is 11.3 Å². The lowest BCUT2D eigenvalue weighted by atomic mass is 10.3. The highest BCUT2D eigenvalue weighted by atomic mass is 16.2. The number of carbonyl (C=O) groups excluding carboxylic acids is 1. The summed E-state index contributed by atoms with van der Waals surface area (Å²) < 4.78 is 2.75. The van der Waals surface area contributed by atoms with Crippen LogP contribution in [0, 0.1) is 0 Å². The van der Waals surface area contributed by atoms with Crippen molar-refractivity contribution in [3.63, 3.8) is 0 Å². The summed E-state index contributed by atoms with van der Waals surface area (Å²) in [5.74, 6) is -0.0996. The Hall–Kier alpha value is -2.15. The molecule has 2 rings (SSSR count). The fraction of sp³-hybridized carbons (Fsp3) is 0.417. The van der Waals surface area contributed by atoms with Gasteiger partial charge in [-0.2, -0.15) is 0 Å². The number of fused-ring (bicyclic) bond motifs is 1. The van der Waals surface area contributed by atoms with E-state index in [4.69, 9.17) is 5.73 Å². The number of hydrogen-bond acceptors (Lipinski definition) is 4. The third-order valence-corrected chi connectivity index (χ3v) is 2.74. The van der Waals surface area contributed by atoms with Crippen molar-refractivity contribution in [2.24, 2.45) is 5.73 Å². The normalized spacial score (nSPS) is 10.8. The molecule has 3 N–H and O–H groups in total. The van der Waals surface area contributed by atoms with Crippen molar-refractivity contribution in [2.75, 3.05) is 13.1 Å². The molecular weight excluding hydrogens is 246 g/mol. The van der Waals surface area contributed by atoms with Crippen LogP contribution < -0.4 is 16.7 Å². The van der Waals surface area contributed by atoms with E-state index in [1.165, 1.54) is 9.08 Å². The lowest BCUT2D eigenvalue weighted by Gasteiger charge is -2.03. The molecule has 19 heavy (non-hydrogen) atoms. The molecule has 0 aliphatic rings. The minimum atomic E-state index is -0.231. The Kier molecular flexibility index (Phi) is 4.30. The van der Waals surface area contributed by atoms with E-state index in [0.29, 0.717) is 18.7 Å². The molecule has 7 heteroatoms. The summed E-state index contributed by atoms with van der Waals surface area (Å²) in [6.07, 6.45) is 2.64. The smallest absolute Gasteiger partial charge is 0.350 e. The highest BCUT2D eigenvalue weighted by Crippen LogP contribution is 1.95. The van der Waals surface area contributed by atoms with Crippen LogP contribution in [0.5, 0.6) is 0 Å². The van der Waals surface area contributed by atoms with E-state index in [1.807, 2.05) is 6.07 Å². The minimum Gasteiger partial charge on any atom is -0.356 e. The monoisotopic (exact) mass is 263 g/mol. The van der Waals surface area contributed by atoms with Gasteiger partial charge in [0.15, 0.2) is 5.65 Å². The van der Waals surface area contributed by atoms with Crippen molar-refractivity contribution >= 4 is 11.6 Å². The first kappa shape index (κ1) is 13.3. The van der Waals surface area contributed by atoms with E-state index < -0.39 is 0 Å². The van der Waals surface area contributed by atoms with E-state index in [1.54, 1.807) is 18.3 Å². The van der Waals surface area contributed by atoms with Crippen LogP contribution in [0.1, 0.15) is 12.8 Å². The van der Waals surface area contributed by atoms with E-state index in [0.717, 1.165) is 6.42 Å². The van der Waals surface area contributed by atoms with Crippen LogP contribution in [0.2, 0.25) is 0 Å². The molecule has 7 nitrogen and oxygen atoms in total. The number of hydrogen-bond donors (Lipinski definition) is 2. The number of carbonyl (C=O) groups is 1. The SMILES string of the molecule is NCCCNC(=O)CCn1nc2ccccn2c1=O. The Balaban J connectivity index is 1.96. The molecule has 0 atom stereocenters. The second-order valence-electron chi connectivity index (χ2n) is 4.18. The molecular formula is C12H17N5O2. The standard InChI is InChI=1S/C12H17N5O2/c13-6-3-7-14-11(18)5-9-17-12(19)16-8-2-1-4-10(16)15-17/h1-2,4,8H,3,5-7,9,13H2,(H,14,18). The van der Waals surface area contributed by atoms with Crippen LogP contribution in [0.15, 0.2) is 29.2 Å². The quantitative estimate of drug-likeness (QED) is 0.677. The molecule has 0 bridgehead atoms. The first-order chi connectivity index (χ1) is 9.22. The largest absolute Gasteiger partial charge is 0.356 e. The predicted molar refractivity (Wildman–Crippen MR) is 70.8 cm³/mol. The van der Waals surface area contributed by atoms with Crippen LogP contribution in [0.25, 0.3) is 5.65 Å². The maximum Gasteiger partial charge on any atom is 0.350 e. The highest BCUT2D eigenvalue weighted by molar-refractivity contribution is 5.75. The molecule has 0 fully saturated rings. The summed E-state index contributed by atoms with van der Waals surface area (Å²) in [6, 6.07) is 5.32. The third-order valence-electron chi connectivity index (χ3n) is 2.74. The molecule has 0 aliphatic carbocycles. The van der Waals surface area contributed by atoms with E-state index in [-0.39, 0.29) is 24.6 Å². The predicted octanol–water partition coefficient (Wildman–Crippen LogP) is -0.649. The van der Waals surface area contributed by atoms with Gasteiger partial charge in [0.2, 0.25) is 5.91 Å². The number of rotatable bonds is 6. The molecule has 102 valence electrons. The molecule has 0 saturated carbocycles. The topological polar surface area (TPSA) is 94.4 Å². The molecule has 0 unspecified atom stereocenters. The van der Waals surface area contributed by atoms with E-state index in [9.17, 15) is 9.59 Å². The molecule has 0 aromatic carbocycles. The third kappa shape index (κ3) is 3.19. The van der Waals surface area contributed by atoms with Crippen molar-refractivity contribution in [1.29, 1.82) is 0 Å². The van der Waals surface area contributed by atoms with Gasteiger partial charge < -0.3 is 11.1 Å². The fourth-order valence-corrected chi connectivity index (χ4v) is 1.74. The van der Waals surface area contributed by atoms with E-state index in [2.05, 4.69) is 10.4 Å². The number of nitrogens with two attached hydrogens (primary N) is 1.